The van der Waals surface area contributed by atoms with E-state index in [1.807, 2.05) is 0 Å². The van der Waals surface area contributed by atoms with Crippen molar-refractivity contribution < 1.29 is 9.53 Å². The zero-order valence-electron chi connectivity index (χ0n) is 12.0. The molecular weight excluding hydrogens is 240 g/mol. The predicted octanol–water partition coefficient (Wildman–Crippen LogP) is 1.69. The Kier molecular flexibility index (Phi) is 3.81. The van der Waals surface area contributed by atoms with E-state index in [9.17, 15) is 4.79 Å². The zero-order chi connectivity index (χ0) is 13.3. The van der Waals surface area contributed by atoms with Crippen molar-refractivity contribution in [2.45, 2.75) is 69.0 Å². The minimum atomic E-state index is -0.401. The first-order valence-corrected chi connectivity index (χ1v) is 7.84. The van der Waals surface area contributed by atoms with Crippen LogP contribution in [-0.2, 0) is 9.53 Å². The highest BCUT2D eigenvalue weighted by Crippen LogP contribution is 2.36. The summed E-state index contributed by atoms with van der Waals surface area (Å²) in [6.07, 6.45) is 9.33. The van der Waals surface area contributed by atoms with Crippen LogP contribution in [0.2, 0.25) is 0 Å². The number of likely N-dealkylation sites (tertiary alicyclic amines) is 1. The molecule has 0 bridgehead atoms. The Morgan fingerprint density at radius 1 is 1.21 bits per heavy atom. The number of carbonyl (C=O) groups is 1. The van der Waals surface area contributed by atoms with Gasteiger partial charge in [0.25, 0.3) is 0 Å². The highest BCUT2D eigenvalue weighted by Gasteiger charge is 2.47. The summed E-state index contributed by atoms with van der Waals surface area (Å²) in [4.78, 5) is 14.9. The Bertz CT molecular complexity index is 337. The van der Waals surface area contributed by atoms with Gasteiger partial charge in [-0.05, 0) is 64.5 Å². The van der Waals surface area contributed by atoms with E-state index in [0.29, 0.717) is 12.1 Å². The third-order valence-electron chi connectivity index (χ3n) is 5.02. The Morgan fingerprint density at radius 3 is 2.58 bits per heavy atom. The van der Waals surface area contributed by atoms with E-state index in [1.54, 1.807) is 0 Å². The van der Waals surface area contributed by atoms with E-state index in [4.69, 9.17) is 4.74 Å². The molecule has 0 spiro atoms. The lowest BCUT2D eigenvalue weighted by atomic mass is 9.78. The van der Waals surface area contributed by atoms with Crippen molar-refractivity contribution in [1.82, 2.24) is 10.2 Å². The number of hydrogen-bond acceptors (Lipinski definition) is 4. The van der Waals surface area contributed by atoms with Crippen molar-refractivity contribution in [1.29, 1.82) is 0 Å². The summed E-state index contributed by atoms with van der Waals surface area (Å²) < 4.78 is 5.11. The van der Waals surface area contributed by atoms with Crippen LogP contribution in [0, 0.1) is 0 Å². The number of ether oxygens (including phenoxy) is 1. The van der Waals surface area contributed by atoms with Crippen LogP contribution in [0.1, 0.15) is 51.4 Å². The van der Waals surface area contributed by atoms with Gasteiger partial charge in [0, 0.05) is 12.1 Å². The number of nitrogens with zero attached hydrogens (tertiary/aromatic N) is 1. The average Bonchev–Trinajstić information content (AvgIpc) is 3.08. The standard InChI is InChI=1S/C15H26N2O2/c1-19-14(18)15(16-12-6-7-12)8-4-5-13(11-15)17-9-2-3-10-17/h12-13,16H,2-11H2,1H3. The monoisotopic (exact) mass is 266 g/mol. The van der Waals surface area contributed by atoms with Crippen LogP contribution < -0.4 is 5.32 Å². The van der Waals surface area contributed by atoms with E-state index in [1.165, 1.54) is 52.3 Å². The largest absolute Gasteiger partial charge is 0.468 e. The summed E-state index contributed by atoms with van der Waals surface area (Å²) in [6.45, 7) is 2.43. The summed E-state index contributed by atoms with van der Waals surface area (Å²) in [5.41, 5.74) is -0.401. The molecule has 1 N–H and O–H groups in total. The van der Waals surface area contributed by atoms with Crippen LogP contribution >= 0.6 is 0 Å². The number of esters is 1. The Morgan fingerprint density at radius 2 is 1.95 bits per heavy atom. The van der Waals surface area contributed by atoms with Gasteiger partial charge in [-0.1, -0.05) is 0 Å². The normalized spacial score (nSPS) is 36.4. The summed E-state index contributed by atoms with van der Waals surface area (Å²) in [5, 5.41) is 3.61. The Labute approximate surface area is 115 Å². The molecule has 0 aromatic heterocycles. The molecule has 0 aromatic carbocycles. The van der Waals surface area contributed by atoms with E-state index >= 15 is 0 Å². The topological polar surface area (TPSA) is 41.6 Å². The van der Waals surface area contributed by atoms with Gasteiger partial charge < -0.3 is 9.64 Å². The quantitative estimate of drug-likeness (QED) is 0.786. The summed E-state index contributed by atoms with van der Waals surface area (Å²) in [5.74, 6) is -0.0386. The number of rotatable bonds is 4. The maximum Gasteiger partial charge on any atom is 0.326 e. The molecule has 0 radical (unpaired) electrons. The van der Waals surface area contributed by atoms with Gasteiger partial charge in [0.1, 0.15) is 5.54 Å². The highest BCUT2D eigenvalue weighted by molar-refractivity contribution is 5.81. The molecule has 2 saturated carbocycles. The van der Waals surface area contributed by atoms with Crippen LogP contribution in [-0.4, -0.2) is 48.7 Å². The third-order valence-corrected chi connectivity index (χ3v) is 5.02. The molecule has 1 saturated heterocycles. The second-order valence-corrected chi connectivity index (χ2v) is 6.49. The summed E-state index contributed by atoms with van der Waals surface area (Å²) >= 11 is 0. The molecule has 1 heterocycles. The van der Waals surface area contributed by atoms with Crippen molar-refractivity contribution >= 4 is 5.97 Å². The average molecular weight is 266 g/mol. The fourth-order valence-electron chi connectivity index (χ4n) is 3.85. The second kappa shape index (κ2) is 5.41. The van der Waals surface area contributed by atoms with Gasteiger partial charge in [-0.3, -0.25) is 10.1 Å². The number of hydrogen-bond donors (Lipinski definition) is 1. The smallest absolute Gasteiger partial charge is 0.326 e. The molecule has 4 nitrogen and oxygen atoms in total. The zero-order valence-corrected chi connectivity index (χ0v) is 12.0. The Balaban J connectivity index is 1.72. The van der Waals surface area contributed by atoms with Gasteiger partial charge in [-0.2, -0.15) is 0 Å². The highest BCUT2D eigenvalue weighted by atomic mass is 16.5. The number of carbonyl (C=O) groups excluding carboxylic acids is 1. The first-order valence-electron chi connectivity index (χ1n) is 7.84. The molecule has 2 aliphatic carbocycles. The SMILES string of the molecule is COC(=O)C1(NC2CC2)CCCC(N2CCCC2)C1. The van der Waals surface area contributed by atoms with Crippen molar-refractivity contribution in [3.8, 4) is 0 Å². The van der Waals surface area contributed by atoms with Crippen LogP contribution in [0.3, 0.4) is 0 Å². The van der Waals surface area contributed by atoms with Gasteiger partial charge in [-0.25, -0.2) is 0 Å². The molecule has 3 rings (SSSR count). The number of methoxy groups -OCH3 is 1. The van der Waals surface area contributed by atoms with E-state index in [-0.39, 0.29) is 5.97 Å². The van der Waals surface area contributed by atoms with Gasteiger partial charge in [0.05, 0.1) is 7.11 Å². The molecule has 2 unspecified atom stereocenters. The van der Waals surface area contributed by atoms with Crippen LogP contribution in [0.5, 0.6) is 0 Å². The fourth-order valence-corrected chi connectivity index (χ4v) is 3.85. The molecule has 19 heavy (non-hydrogen) atoms. The van der Waals surface area contributed by atoms with Crippen LogP contribution in [0.15, 0.2) is 0 Å². The summed E-state index contributed by atoms with van der Waals surface area (Å²) in [7, 11) is 1.53. The minimum absolute atomic E-state index is 0.0386. The molecule has 108 valence electrons. The third kappa shape index (κ3) is 2.79. The molecule has 0 aromatic rings. The minimum Gasteiger partial charge on any atom is -0.468 e. The van der Waals surface area contributed by atoms with Gasteiger partial charge in [0.15, 0.2) is 0 Å². The predicted molar refractivity (Wildman–Crippen MR) is 74.0 cm³/mol. The maximum atomic E-state index is 12.3. The van der Waals surface area contributed by atoms with E-state index < -0.39 is 5.54 Å². The van der Waals surface area contributed by atoms with Crippen molar-refractivity contribution in [2.24, 2.45) is 0 Å². The van der Waals surface area contributed by atoms with Crippen LogP contribution in [0.4, 0.5) is 0 Å². The fraction of sp³-hybridized carbons (Fsp3) is 0.933. The van der Waals surface area contributed by atoms with Crippen molar-refractivity contribution in [2.75, 3.05) is 20.2 Å². The number of nitrogens with one attached hydrogen (secondary N) is 1. The van der Waals surface area contributed by atoms with E-state index in [0.717, 1.165) is 19.3 Å². The van der Waals surface area contributed by atoms with E-state index in [2.05, 4.69) is 10.2 Å². The first-order chi connectivity index (χ1) is 9.23. The molecule has 3 aliphatic rings. The maximum absolute atomic E-state index is 12.3. The van der Waals surface area contributed by atoms with Gasteiger partial charge in [0.2, 0.25) is 0 Å². The molecule has 4 heteroatoms. The van der Waals surface area contributed by atoms with Gasteiger partial charge >= 0.3 is 5.97 Å². The Hall–Kier alpha value is -0.610. The van der Waals surface area contributed by atoms with Crippen molar-refractivity contribution in [3.05, 3.63) is 0 Å². The lowest BCUT2D eigenvalue weighted by molar-refractivity contribution is -0.151. The molecule has 3 fully saturated rings. The molecular formula is C15H26N2O2. The summed E-state index contributed by atoms with van der Waals surface area (Å²) in [6, 6.07) is 1.12. The molecule has 0 amide bonds. The lowest BCUT2D eigenvalue weighted by Crippen LogP contribution is -2.59. The van der Waals surface area contributed by atoms with Gasteiger partial charge in [-0.15, -0.1) is 0 Å². The molecule has 2 atom stereocenters. The first kappa shape index (κ1) is 13.4. The lowest BCUT2D eigenvalue weighted by Gasteiger charge is -2.42. The molecule has 1 aliphatic heterocycles. The van der Waals surface area contributed by atoms with Crippen LogP contribution in [0.25, 0.3) is 0 Å². The van der Waals surface area contributed by atoms with Crippen molar-refractivity contribution in [3.63, 3.8) is 0 Å². The second-order valence-electron chi connectivity index (χ2n) is 6.49.